The van der Waals surface area contributed by atoms with E-state index in [1.807, 2.05) is 26.2 Å². The van der Waals surface area contributed by atoms with Gasteiger partial charge in [0, 0.05) is 30.9 Å². The number of rotatable bonds is 3. The first-order valence-corrected chi connectivity index (χ1v) is 6.06. The highest BCUT2D eigenvalue weighted by Crippen LogP contribution is 2.25. The Balaban J connectivity index is 2.18. The minimum absolute atomic E-state index is 0.524. The fraction of sp³-hybridized carbons (Fsp3) is 0.182. The molecule has 0 aliphatic heterocycles. The van der Waals surface area contributed by atoms with Gasteiger partial charge in [0.1, 0.15) is 5.15 Å². The molecule has 5 heteroatoms. The van der Waals surface area contributed by atoms with Crippen LogP contribution >= 0.6 is 22.9 Å². The number of aromatic nitrogens is 1. The van der Waals surface area contributed by atoms with Gasteiger partial charge in [0.2, 0.25) is 0 Å². The second-order valence-electron chi connectivity index (χ2n) is 3.55. The molecule has 16 heavy (non-hydrogen) atoms. The number of benzene rings is 1. The lowest BCUT2D eigenvalue weighted by Crippen LogP contribution is -2.08. The van der Waals surface area contributed by atoms with Crippen LogP contribution in [0.3, 0.4) is 0 Å². The van der Waals surface area contributed by atoms with Crippen LogP contribution in [-0.4, -0.2) is 19.1 Å². The third-order valence-corrected chi connectivity index (χ3v) is 3.17. The molecule has 0 radical (unpaired) electrons. The SMILES string of the molecule is CN(C)c1cccc(Nc2nc(Cl)cs2)c1. The average Bonchev–Trinajstić information content (AvgIpc) is 2.64. The predicted molar refractivity (Wildman–Crippen MR) is 71.2 cm³/mol. The molecule has 1 heterocycles. The molecule has 3 nitrogen and oxygen atoms in total. The third kappa shape index (κ3) is 2.65. The zero-order valence-electron chi connectivity index (χ0n) is 9.07. The highest BCUT2D eigenvalue weighted by molar-refractivity contribution is 7.14. The normalized spacial score (nSPS) is 10.2. The van der Waals surface area contributed by atoms with Crippen LogP contribution in [0, 0.1) is 0 Å². The maximum atomic E-state index is 5.76. The van der Waals surface area contributed by atoms with Crippen LogP contribution in [-0.2, 0) is 0 Å². The van der Waals surface area contributed by atoms with E-state index >= 15 is 0 Å². The summed E-state index contributed by atoms with van der Waals surface area (Å²) >= 11 is 7.25. The standard InChI is InChI=1S/C11H12ClN3S/c1-15(2)9-5-3-4-8(6-9)13-11-14-10(12)7-16-11/h3-7H,1-2H3,(H,13,14). The molecule has 1 aromatic heterocycles. The molecular formula is C11H12ClN3S. The number of hydrogen-bond acceptors (Lipinski definition) is 4. The maximum absolute atomic E-state index is 5.76. The fourth-order valence-electron chi connectivity index (χ4n) is 1.30. The van der Waals surface area contributed by atoms with E-state index in [1.54, 1.807) is 5.38 Å². The zero-order valence-corrected chi connectivity index (χ0v) is 10.6. The quantitative estimate of drug-likeness (QED) is 0.906. The summed E-state index contributed by atoms with van der Waals surface area (Å²) in [6, 6.07) is 8.13. The first-order chi connectivity index (χ1) is 7.65. The predicted octanol–water partition coefficient (Wildman–Crippen LogP) is 3.61. The van der Waals surface area contributed by atoms with Crippen molar-refractivity contribution in [1.29, 1.82) is 0 Å². The van der Waals surface area contributed by atoms with Crippen LogP contribution in [0.5, 0.6) is 0 Å². The summed E-state index contributed by atoms with van der Waals surface area (Å²) in [7, 11) is 4.03. The minimum atomic E-state index is 0.524. The fourth-order valence-corrected chi connectivity index (χ4v) is 2.15. The number of anilines is 3. The number of hydrogen-bond donors (Lipinski definition) is 1. The van der Waals surface area contributed by atoms with Crippen molar-refractivity contribution in [2.75, 3.05) is 24.3 Å². The second kappa shape index (κ2) is 4.72. The van der Waals surface area contributed by atoms with Gasteiger partial charge >= 0.3 is 0 Å². The largest absolute Gasteiger partial charge is 0.378 e. The second-order valence-corrected chi connectivity index (χ2v) is 4.79. The molecule has 0 bridgehead atoms. The number of nitrogens with zero attached hydrogens (tertiary/aromatic N) is 2. The molecule has 84 valence electrons. The van der Waals surface area contributed by atoms with Gasteiger partial charge in [0.25, 0.3) is 0 Å². The zero-order chi connectivity index (χ0) is 11.5. The molecule has 0 atom stereocenters. The molecule has 0 unspecified atom stereocenters. The van der Waals surface area contributed by atoms with Crippen molar-refractivity contribution in [1.82, 2.24) is 4.98 Å². The summed E-state index contributed by atoms with van der Waals surface area (Å²) in [4.78, 5) is 6.20. The van der Waals surface area contributed by atoms with Crippen LogP contribution in [0.2, 0.25) is 5.15 Å². The Morgan fingerprint density at radius 3 is 2.81 bits per heavy atom. The first kappa shape index (κ1) is 11.2. The first-order valence-electron chi connectivity index (χ1n) is 4.80. The van der Waals surface area contributed by atoms with E-state index in [2.05, 4.69) is 27.3 Å². The summed E-state index contributed by atoms with van der Waals surface area (Å²) in [5.41, 5.74) is 2.16. The van der Waals surface area contributed by atoms with E-state index in [9.17, 15) is 0 Å². The van der Waals surface area contributed by atoms with Gasteiger partial charge in [-0.2, -0.15) is 0 Å². The van der Waals surface area contributed by atoms with Crippen LogP contribution < -0.4 is 10.2 Å². The van der Waals surface area contributed by atoms with Crippen LogP contribution in [0.15, 0.2) is 29.6 Å². The Kier molecular flexibility index (Phi) is 3.31. The van der Waals surface area contributed by atoms with E-state index in [0.717, 1.165) is 16.5 Å². The van der Waals surface area contributed by atoms with E-state index in [4.69, 9.17) is 11.6 Å². The number of thiazole rings is 1. The molecule has 2 aromatic rings. The van der Waals surface area contributed by atoms with Crippen LogP contribution in [0.25, 0.3) is 0 Å². The van der Waals surface area contributed by atoms with Gasteiger partial charge in [0.15, 0.2) is 5.13 Å². The molecule has 1 aromatic carbocycles. The average molecular weight is 254 g/mol. The third-order valence-electron chi connectivity index (χ3n) is 2.09. The molecule has 2 rings (SSSR count). The Bertz CT molecular complexity index is 482. The molecule has 0 fully saturated rings. The molecular weight excluding hydrogens is 242 g/mol. The van der Waals surface area contributed by atoms with Gasteiger partial charge in [-0.05, 0) is 18.2 Å². The summed E-state index contributed by atoms with van der Waals surface area (Å²) in [5.74, 6) is 0. The Morgan fingerprint density at radius 1 is 1.38 bits per heavy atom. The van der Waals surface area contributed by atoms with E-state index in [1.165, 1.54) is 11.3 Å². The van der Waals surface area contributed by atoms with Crippen molar-refractivity contribution < 1.29 is 0 Å². The molecule has 0 aliphatic rings. The van der Waals surface area contributed by atoms with Gasteiger partial charge in [-0.15, -0.1) is 11.3 Å². The molecule has 0 aliphatic carbocycles. The lowest BCUT2D eigenvalue weighted by atomic mass is 10.2. The molecule has 0 saturated heterocycles. The topological polar surface area (TPSA) is 28.2 Å². The Morgan fingerprint density at radius 2 is 2.19 bits per heavy atom. The van der Waals surface area contributed by atoms with E-state index < -0.39 is 0 Å². The highest BCUT2D eigenvalue weighted by atomic mass is 35.5. The Hall–Kier alpha value is -1.26. The van der Waals surface area contributed by atoms with Gasteiger partial charge in [-0.3, -0.25) is 0 Å². The monoisotopic (exact) mass is 253 g/mol. The van der Waals surface area contributed by atoms with Crippen molar-refractivity contribution in [3.8, 4) is 0 Å². The molecule has 0 saturated carbocycles. The van der Waals surface area contributed by atoms with E-state index in [-0.39, 0.29) is 0 Å². The molecule has 1 N–H and O–H groups in total. The summed E-state index contributed by atoms with van der Waals surface area (Å²) in [6.07, 6.45) is 0. The van der Waals surface area contributed by atoms with Gasteiger partial charge in [-0.1, -0.05) is 17.7 Å². The summed E-state index contributed by atoms with van der Waals surface area (Å²) < 4.78 is 0. The summed E-state index contributed by atoms with van der Waals surface area (Å²) in [6.45, 7) is 0. The van der Waals surface area contributed by atoms with Crippen LogP contribution in [0.4, 0.5) is 16.5 Å². The molecule has 0 amide bonds. The summed E-state index contributed by atoms with van der Waals surface area (Å²) in [5, 5.41) is 6.35. The van der Waals surface area contributed by atoms with Crippen molar-refractivity contribution >= 4 is 39.4 Å². The minimum Gasteiger partial charge on any atom is -0.378 e. The van der Waals surface area contributed by atoms with Gasteiger partial charge < -0.3 is 10.2 Å². The van der Waals surface area contributed by atoms with Gasteiger partial charge in [0.05, 0.1) is 0 Å². The Labute approximate surface area is 104 Å². The van der Waals surface area contributed by atoms with E-state index in [0.29, 0.717) is 5.15 Å². The van der Waals surface area contributed by atoms with Crippen molar-refractivity contribution in [3.63, 3.8) is 0 Å². The lowest BCUT2D eigenvalue weighted by Gasteiger charge is -2.13. The van der Waals surface area contributed by atoms with Gasteiger partial charge in [-0.25, -0.2) is 4.98 Å². The number of nitrogens with one attached hydrogen (secondary N) is 1. The maximum Gasteiger partial charge on any atom is 0.188 e. The van der Waals surface area contributed by atoms with Crippen molar-refractivity contribution in [3.05, 3.63) is 34.8 Å². The smallest absolute Gasteiger partial charge is 0.188 e. The highest BCUT2D eigenvalue weighted by Gasteiger charge is 2.01. The van der Waals surface area contributed by atoms with Crippen molar-refractivity contribution in [2.45, 2.75) is 0 Å². The lowest BCUT2D eigenvalue weighted by molar-refractivity contribution is 1.13. The number of halogens is 1. The van der Waals surface area contributed by atoms with Crippen LogP contribution in [0.1, 0.15) is 0 Å². The molecule has 0 spiro atoms. The van der Waals surface area contributed by atoms with Crippen molar-refractivity contribution in [2.24, 2.45) is 0 Å².